The average molecular weight is 465 g/mol. The topological polar surface area (TPSA) is 114 Å². The number of benzene rings is 2. The largest absolute Gasteiger partial charge is 0.459 e. The van der Waals surface area contributed by atoms with E-state index in [4.69, 9.17) is 25.7 Å². The van der Waals surface area contributed by atoms with Crippen molar-refractivity contribution in [3.63, 3.8) is 0 Å². The number of carbonyl (C=O) groups is 2. The van der Waals surface area contributed by atoms with Crippen molar-refractivity contribution >= 4 is 29.4 Å². The van der Waals surface area contributed by atoms with E-state index in [1.165, 1.54) is 6.08 Å². The number of carbonyl (C=O) groups excluding carboxylic acids is 2. The second-order valence-electron chi connectivity index (χ2n) is 8.27. The van der Waals surface area contributed by atoms with Gasteiger partial charge in [-0.15, -0.1) is 6.58 Å². The molecule has 1 aliphatic rings. The third kappa shape index (κ3) is 7.78. The Balaban J connectivity index is 1.43. The van der Waals surface area contributed by atoms with Crippen molar-refractivity contribution in [2.24, 2.45) is 0 Å². The maximum absolute atomic E-state index is 12.5. The van der Waals surface area contributed by atoms with Crippen LogP contribution in [0.3, 0.4) is 0 Å². The molecule has 0 bridgehead atoms. The van der Waals surface area contributed by atoms with Gasteiger partial charge < -0.3 is 25.7 Å². The van der Waals surface area contributed by atoms with Crippen molar-refractivity contribution < 1.29 is 23.8 Å². The normalized spacial score (nSPS) is 17.9. The summed E-state index contributed by atoms with van der Waals surface area (Å²) in [6.45, 7) is 4.42. The fraction of sp³-hybridized carbons (Fsp3) is 0.333. The number of hydrogen-bond donors (Lipinski definition) is 2. The molecular weight excluding hydrogens is 432 g/mol. The van der Waals surface area contributed by atoms with Crippen LogP contribution >= 0.6 is 0 Å². The molecule has 0 amide bonds. The molecule has 0 heterocycles. The van der Waals surface area contributed by atoms with Gasteiger partial charge in [0.1, 0.15) is 12.7 Å². The van der Waals surface area contributed by atoms with Crippen LogP contribution in [0.4, 0.5) is 11.4 Å². The number of anilines is 2. The van der Waals surface area contributed by atoms with Gasteiger partial charge in [0.25, 0.3) is 0 Å². The predicted octanol–water partition coefficient (Wildman–Crippen LogP) is 4.67. The van der Waals surface area contributed by atoms with Gasteiger partial charge >= 0.3 is 11.9 Å². The Morgan fingerprint density at radius 3 is 2.41 bits per heavy atom. The molecule has 0 unspecified atom stereocenters. The standard InChI is InChI=1S/C27H32N2O5/c1-2-3-16-32-23-10-12-24(13-11-23)34-27(31)20-7-4-19(5-8-20)6-15-26(30)33-18-21-17-22(28)9-14-25(21)29/h2,4-9,14-15,17,23-24H,1,3,10-13,16,18,28-29H2. The van der Waals surface area contributed by atoms with Gasteiger partial charge in [0, 0.05) is 23.0 Å². The van der Waals surface area contributed by atoms with Crippen molar-refractivity contribution in [1.82, 2.24) is 0 Å². The van der Waals surface area contributed by atoms with Gasteiger partial charge in [-0.05, 0) is 74.1 Å². The number of nitrogens with two attached hydrogens (primary N) is 2. The minimum atomic E-state index is -0.505. The fourth-order valence-corrected chi connectivity index (χ4v) is 3.70. The maximum atomic E-state index is 12.5. The summed E-state index contributed by atoms with van der Waals surface area (Å²) in [4.78, 5) is 24.5. The molecule has 4 N–H and O–H groups in total. The zero-order valence-corrected chi connectivity index (χ0v) is 19.3. The number of ether oxygens (including phenoxy) is 3. The summed E-state index contributed by atoms with van der Waals surface area (Å²) >= 11 is 0. The Hall–Kier alpha value is -3.58. The molecule has 0 aromatic heterocycles. The Labute approximate surface area is 200 Å². The van der Waals surface area contributed by atoms with Gasteiger partial charge in [-0.25, -0.2) is 9.59 Å². The molecule has 1 saturated carbocycles. The van der Waals surface area contributed by atoms with E-state index in [1.54, 1.807) is 48.5 Å². The summed E-state index contributed by atoms with van der Waals surface area (Å²) in [5.74, 6) is -0.847. The molecule has 0 atom stereocenters. The van der Waals surface area contributed by atoms with Gasteiger partial charge in [-0.1, -0.05) is 18.2 Å². The SMILES string of the molecule is C=CCCOC1CCC(OC(=O)c2ccc(C=CC(=O)OCc3cc(N)ccc3N)cc2)CC1. The molecule has 3 rings (SSSR count). The Kier molecular flexibility index (Phi) is 9.29. The van der Waals surface area contributed by atoms with Crippen LogP contribution in [0.25, 0.3) is 6.08 Å². The van der Waals surface area contributed by atoms with Gasteiger partial charge in [-0.2, -0.15) is 0 Å². The first-order valence-electron chi connectivity index (χ1n) is 11.5. The van der Waals surface area contributed by atoms with Gasteiger partial charge in [0.2, 0.25) is 0 Å². The van der Waals surface area contributed by atoms with E-state index in [0.717, 1.165) is 37.7 Å². The smallest absolute Gasteiger partial charge is 0.338 e. The summed E-state index contributed by atoms with van der Waals surface area (Å²) in [6.07, 6.45) is 9.16. The molecule has 1 fully saturated rings. The molecule has 0 aliphatic heterocycles. The number of esters is 2. The highest BCUT2D eigenvalue weighted by Gasteiger charge is 2.24. The van der Waals surface area contributed by atoms with Crippen molar-refractivity contribution in [1.29, 1.82) is 0 Å². The number of nitrogen functional groups attached to an aromatic ring is 2. The summed E-state index contributed by atoms with van der Waals surface area (Å²) in [5, 5.41) is 0. The molecule has 0 radical (unpaired) electrons. The molecule has 7 heteroatoms. The van der Waals surface area contributed by atoms with Crippen molar-refractivity contribution in [3.8, 4) is 0 Å². The summed E-state index contributed by atoms with van der Waals surface area (Å²) in [5.41, 5.74) is 14.5. The molecule has 34 heavy (non-hydrogen) atoms. The molecule has 2 aromatic carbocycles. The maximum Gasteiger partial charge on any atom is 0.338 e. The van der Waals surface area contributed by atoms with Gasteiger partial charge in [0.05, 0.1) is 18.3 Å². The van der Waals surface area contributed by atoms with E-state index in [9.17, 15) is 9.59 Å². The Morgan fingerprint density at radius 2 is 1.71 bits per heavy atom. The van der Waals surface area contributed by atoms with Crippen LogP contribution in [-0.2, 0) is 25.6 Å². The zero-order valence-electron chi connectivity index (χ0n) is 19.3. The molecule has 7 nitrogen and oxygen atoms in total. The first-order valence-corrected chi connectivity index (χ1v) is 11.5. The third-order valence-corrected chi connectivity index (χ3v) is 5.67. The third-order valence-electron chi connectivity index (χ3n) is 5.67. The van der Waals surface area contributed by atoms with E-state index < -0.39 is 5.97 Å². The van der Waals surface area contributed by atoms with E-state index in [-0.39, 0.29) is 24.8 Å². The Bertz CT molecular complexity index is 1010. The predicted molar refractivity (Wildman–Crippen MR) is 133 cm³/mol. The first-order chi connectivity index (χ1) is 16.4. The molecular formula is C27H32N2O5. The first kappa shape index (κ1) is 25.1. The van der Waals surface area contributed by atoms with Crippen LogP contribution in [0, 0.1) is 0 Å². The fourth-order valence-electron chi connectivity index (χ4n) is 3.70. The quantitative estimate of drug-likeness (QED) is 0.173. The average Bonchev–Trinajstić information content (AvgIpc) is 2.85. The monoisotopic (exact) mass is 464 g/mol. The highest BCUT2D eigenvalue weighted by Crippen LogP contribution is 2.24. The number of hydrogen-bond acceptors (Lipinski definition) is 7. The van der Waals surface area contributed by atoms with Crippen LogP contribution in [0.2, 0.25) is 0 Å². The highest BCUT2D eigenvalue weighted by molar-refractivity contribution is 5.90. The van der Waals surface area contributed by atoms with Gasteiger partial charge in [0.15, 0.2) is 0 Å². The summed E-state index contributed by atoms with van der Waals surface area (Å²) in [6, 6.07) is 11.9. The minimum Gasteiger partial charge on any atom is -0.459 e. The lowest BCUT2D eigenvalue weighted by molar-refractivity contribution is -0.138. The van der Waals surface area contributed by atoms with Crippen molar-refractivity contribution in [2.75, 3.05) is 18.1 Å². The second kappa shape index (κ2) is 12.6. The van der Waals surface area contributed by atoms with Crippen LogP contribution in [0.5, 0.6) is 0 Å². The molecule has 180 valence electrons. The van der Waals surface area contributed by atoms with E-state index in [0.29, 0.717) is 29.1 Å². The number of rotatable bonds is 10. The summed E-state index contributed by atoms with van der Waals surface area (Å²) < 4.78 is 16.7. The zero-order chi connectivity index (χ0) is 24.3. The summed E-state index contributed by atoms with van der Waals surface area (Å²) in [7, 11) is 0. The second-order valence-corrected chi connectivity index (χ2v) is 8.27. The van der Waals surface area contributed by atoms with Crippen LogP contribution < -0.4 is 11.5 Å². The lowest BCUT2D eigenvalue weighted by atomic mass is 9.95. The van der Waals surface area contributed by atoms with Crippen LogP contribution in [-0.4, -0.2) is 30.8 Å². The van der Waals surface area contributed by atoms with Crippen LogP contribution in [0.1, 0.15) is 53.6 Å². The van der Waals surface area contributed by atoms with E-state index in [1.807, 2.05) is 6.08 Å². The molecule has 1 aliphatic carbocycles. The highest BCUT2D eigenvalue weighted by atomic mass is 16.5. The molecule has 0 saturated heterocycles. The lowest BCUT2D eigenvalue weighted by Crippen LogP contribution is -2.28. The van der Waals surface area contributed by atoms with Gasteiger partial charge in [-0.3, -0.25) is 0 Å². The Morgan fingerprint density at radius 1 is 1.00 bits per heavy atom. The van der Waals surface area contributed by atoms with Crippen molar-refractivity contribution in [3.05, 3.63) is 77.9 Å². The minimum absolute atomic E-state index is 0.0354. The van der Waals surface area contributed by atoms with Crippen LogP contribution in [0.15, 0.2) is 61.2 Å². The molecule has 2 aromatic rings. The molecule has 0 spiro atoms. The van der Waals surface area contributed by atoms with E-state index in [2.05, 4.69) is 6.58 Å². The van der Waals surface area contributed by atoms with E-state index >= 15 is 0 Å². The lowest BCUT2D eigenvalue weighted by Gasteiger charge is -2.28. The van der Waals surface area contributed by atoms with Crippen molar-refractivity contribution in [2.45, 2.75) is 50.9 Å².